The molecule has 78 valence electrons. The van der Waals surface area contributed by atoms with Gasteiger partial charge in [0.15, 0.2) is 0 Å². The van der Waals surface area contributed by atoms with Crippen molar-refractivity contribution in [2.45, 2.75) is 39.7 Å². The van der Waals surface area contributed by atoms with Crippen LogP contribution in [0.1, 0.15) is 33.6 Å². The molecular weight excluding hydrogens is 162 g/mol. The third-order valence-electron chi connectivity index (χ3n) is 2.30. The van der Waals surface area contributed by atoms with Crippen molar-refractivity contribution in [1.82, 2.24) is 4.90 Å². The first-order chi connectivity index (χ1) is 5.93. The van der Waals surface area contributed by atoms with Gasteiger partial charge in [-0.15, -0.1) is 0 Å². The van der Waals surface area contributed by atoms with Gasteiger partial charge in [0, 0.05) is 19.0 Å². The molecule has 0 heterocycles. The number of nitrogens with zero attached hydrogens (tertiary/aromatic N) is 1. The predicted octanol–water partition coefficient (Wildman–Crippen LogP) is 1.68. The van der Waals surface area contributed by atoms with Crippen molar-refractivity contribution in [3.63, 3.8) is 0 Å². The lowest BCUT2D eigenvalue weighted by atomic mass is 10.0. The molecule has 0 aromatic heterocycles. The molecule has 0 amide bonds. The van der Waals surface area contributed by atoms with E-state index in [-0.39, 0.29) is 5.84 Å². The van der Waals surface area contributed by atoms with Gasteiger partial charge < -0.3 is 10.6 Å². The molecule has 3 heteroatoms. The van der Waals surface area contributed by atoms with Gasteiger partial charge in [-0.2, -0.15) is 0 Å². The number of hydrogen-bond donors (Lipinski definition) is 2. The van der Waals surface area contributed by atoms with Crippen LogP contribution in [0.15, 0.2) is 0 Å². The van der Waals surface area contributed by atoms with Crippen LogP contribution in [0.25, 0.3) is 0 Å². The summed E-state index contributed by atoms with van der Waals surface area (Å²) in [7, 11) is 2.09. The molecule has 0 bridgehead atoms. The summed E-state index contributed by atoms with van der Waals surface area (Å²) < 4.78 is 0. The number of nitrogens with two attached hydrogens (primary N) is 1. The zero-order chi connectivity index (χ0) is 10.4. The lowest BCUT2D eigenvalue weighted by molar-refractivity contribution is 0.234. The highest BCUT2D eigenvalue weighted by molar-refractivity contribution is 5.76. The Morgan fingerprint density at radius 1 is 1.38 bits per heavy atom. The summed E-state index contributed by atoms with van der Waals surface area (Å²) in [5.74, 6) is 1.01. The highest BCUT2D eigenvalue weighted by atomic mass is 15.1. The Bertz CT molecular complexity index is 154. The van der Waals surface area contributed by atoms with Gasteiger partial charge in [-0.1, -0.05) is 13.8 Å². The fourth-order valence-corrected chi connectivity index (χ4v) is 1.38. The Morgan fingerprint density at radius 2 is 1.92 bits per heavy atom. The lowest BCUT2D eigenvalue weighted by Gasteiger charge is -2.25. The van der Waals surface area contributed by atoms with Gasteiger partial charge in [-0.25, -0.2) is 0 Å². The van der Waals surface area contributed by atoms with Crippen LogP contribution >= 0.6 is 0 Å². The first-order valence-electron chi connectivity index (χ1n) is 4.96. The summed E-state index contributed by atoms with van der Waals surface area (Å²) in [5, 5.41) is 7.12. The predicted molar refractivity (Wildman–Crippen MR) is 58.1 cm³/mol. The Kier molecular flexibility index (Phi) is 5.71. The summed E-state index contributed by atoms with van der Waals surface area (Å²) in [6.07, 6.45) is 1.88. The molecule has 1 unspecified atom stereocenters. The van der Waals surface area contributed by atoms with E-state index in [0.717, 1.165) is 12.5 Å². The van der Waals surface area contributed by atoms with Crippen LogP contribution in [0.3, 0.4) is 0 Å². The Hall–Kier alpha value is -0.570. The van der Waals surface area contributed by atoms with E-state index in [1.54, 1.807) is 0 Å². The smallest absolute Gasteiger partial charge is 0.0918 e. The molecule has 0 aromatic rings. The second-order valence-electron chi connectivity index (χ2n) is 4.23. The summed E-state index contributed by atoms with van der Waals surface area (Å²) in [6.45, 7) is 7.58. The molecule has 0 aromatic carbocycles. The van der Waals surface area contributed by atoms with E-state index in [1.165, 1.54) is 6.42 Å². The number of rotatable bonds is 6. The average molecular weight is 185 g/mol. The van der Waals surface area contributed by atoms with Gasteiger partial charge in [-0.3, -0.25) is 5.41 Å². The maximum absolute atomic E-state index is 7.12. The van der Waals surface area contributed by atoms with Crippen molar-refractivity contribution in [1.29, 1.82) is 5.41 Å². The van der Waals surface area contributed by atoms with Crippen LogP contribution in [0, 0.1) is 11.3 Å². The molecule has 0 saturated heterocycles. The topological polar surface area (TPSA) is 53.1 Å². The minimum Gasteiger partial charge on any atom is -0.388 e. The molecule has 0 rings (SSSR count). The molecule has 3 N–H and O–H groups in total. The molecule has 0 fully saturated rings. The average Bonchev–Trinajstić information content (AvgIpc) is 1.98. The third kappa shape index (κ3) is 6.58. The first kappa shape index (κ1) is 12.4. The second kappa shape index (κ2) is 5.97. The van der Waals surface area contributed by atoms with E-state index >= 15 is 0 Å². The van der Waals surface area contributed by atoms with Gasteiger partial charge in [0.25, 0.3) is 0 Å². The van der Waals surface area contributed by atoms with Crippen molar-refractivity contribution in [2.24, 2.45) is 11.7 Å². The third-order valence-corrected chi connectivity index (χ3v) is 2.30. The molecule has 0 aliphatic carbocycles. The second-order valence-corrected chi connectivity index (χ2v) is 4.23. The maximum Gasteiger partial charge on any atom is 0.0918 e. The van der Waals surface area contributed by atoms with Crippen LogP contribution in [-0.2, 0) is 0 Å². The van der Waals surface area contributed by atoms with E-state index in [9.17, 15) is 0 Å². The Balaban J connectivity index is 3.68. The van der Waals surface area contributed by atoms with Crippen molar-refractivity contribution < 1.29 is 0 Å². The van der Waals surface area contributed by atoms with Crippen molar-refractivity contribution in [3.8, 4) is 0 Å². The van der Waals surface area contributed by atoms with Gasteiger partial charge in [0.1, 0.15) is 0 Å². The van der Waals surface area contributed by atoms with E-state index in [0.29, 0.717) is 12.5 Å². The SMILES string of the molecule is CC(C)CC(C)N(C)CCC(=N)N. The molecule has 0 aliphatic heterocycles. The fourth-order valence-electron chi connectivity index (χ4n) is 1.38. The molecule has 0 saturated carbocycles. The Morgan fingerprint density at radius 3 is 2.31 bits per heavy atom. The molecule has 0 radical (unpaired) electrons. The molecule has 0 spiro atoms. The van der Waals surface area contributed by atoms with Crippen LogP contribution in [0.2, 0.25) is 0 Å². The quantitative estimate of drug-likeness (QED) is 0.488. The van der Waals surface area contributed by atoms with Crippen molar-refractivity contribution in [2.75, 3.05) is 13.6 Å². The minimum absolute atomic E-state index is 0.281. The summed E-state index contributed by atoms with van der Waals surface area (Å²) in [6, 6.07) is 0.583. The van der Waals surface area contributed by atoms with Crippen LogP contribution in [-0.4, -0.2) is 30.4 Å². The lowest BCUT2D eigenvalue weighted by Crippen LogP contribution is -2.33. The highest BCUT2D eigenvalue weighted by Gasteiger charge is 2.10. The zero-order valence-corrected chi connectivity index (χ0v) is 9.30. The van der Waals surface area contributed by atoms with Crippen LogP contribution in [0.5, 0.6) is 0 Å². The standard InChI is InChI=1S/C10H23N3/c1-8(2)7-9(3)13(4)6-5-10(11)12/h8-9H,5-7H2,1-4H3,(H3,11,12). The normalized spacial score (nSPS) is 13.7. The fraction of sp³-hybridized carbons (Fsp3) is 0.900. The molecule has 3 nitrogen and oxygen atoms in total. The largest absolute Gasteiger partial charge is 0.388 e. The van der Waals surface area contributed by atoms with E-state index in [4.69, 9.17) is 11.1 Å². The number of amidine groups is 1. The summed E-state index contributed by atoms with van der Waals surface area (Å²) >= 11 is 0. The summed E-state index contributed by atoms with van der Waals surface area (Å²) in [5.41, 5.74) is 5.30. The van der Waals surface area contributed by atoms with Gasteiger partial charge in [0.2, 0.25) is 0 Å². The number of nitrogens with one attached hydrogen (secondary N) is 1. The monoisotopic (exact) mass is 185 g/mol. The van der Waals surface area contributed by atoms with Crippen molar-refractivity contribution in [3.05, 3.63) is 0 Å². The van der Waals surface area contributed by atoms with Gasteiger partial charge in [-0.05, 0) is 26.3 Å². The minimum atomic E-state index is 0.281. The van der Waals surface area contributed by atoms with Crippen LogP contribution < -0.4 is 5.73 Å². The summed E-state index contributed by atoms with van der Waals surface area (Å²) in [4.78, 5) is 2.27. The number of hydrogen-bond acceptors (Lipinski definition) is 2. The highest BCUT2D eigenvalue weighted by Crippen LogP contribution is 2.09. The van der Waals surface area contributed by atoms with Gasteiger partial charge >= 0.3 is 0 Å². The zero-order valence-electron chi connectivity index (χ0n) is 9.30. The van der Waals surface area contributed by atoms with E-state index in [2.05, 4.69) is 32.7 Å². The molecular formula is C10H23N3. The van der Waals surface area contributed by atoms with Crippen molar-refractivity contribution >= 4 is 5.84 Å². The van der Waals surface area contributed by atoms with E-state index in [1.807, 2.05) is 0 Å². The molecule has 1 atom stereocenters. The maximum atomic E-state index is 7.12. The van der Waals surface area contributed by atoms with E-state index < -0.39 is 0 Å². The molecule has 0 aliphatic rings. The van der Waals surface area contributed by atoms with Gasteiger partial charge in [0.05, 0.1) is 5.84 Å². The first-order valence-corrected chi connectivity index (χ1v) is 4.96. The Labute approximate surface area is 81.8 Å². The van der Waals surface area contributed by atoms with Crippen LogP contribution in [0.4, 0.5) is 0 Å². The molecule has 13 heavy (non-hydrogen) atoms.